The lowest BCUT2D eigenvalue weighted by Gasteiger charge is -2.36. The Morgan fingerprint density at radius 1 is 0.691 bits per heavy atom. The number of hydrogen-bond donors (Lipinski definition) is 4. The van der Waals surface area contributed by atoms with E-state index in [1.54, 1.807) is 13.8 Å². The zero-order valence-corrected chi connectivity index (χ0v) is 32.4. The van der Waals surface area contributed by atoms with Crippen LogP contribution in [0.3, 0.4) is 0 Å². The van der Waals surface area contributed by atoms with Crippen LogP contribution < -0.4 is 16.4 Å². The van der Waals surface area contributed by atoms with Crippen LogP contribution in [0.1, 0.15) is 108 Å². The summed E-state index contributed by atoms with van der Waals surface area (Å²) in [5.41, 5.74) is 18.5. The van der Waals surface area contributed by atoms with E-state index in [9.17, 15) is 24.3 Å². The summed E-state index contributed by atoms with van der Waals surface area (Å²) in [6, 6.07) is 16.1. The lowest BCUT2D eigenvalue weighted by atomic mass is 9.68. The monoisotopic (exact) mass is 749 g/mol. The number of benzene rings is 2. The number of primary amides is 2. The van der Waals surface area contributed by atoms with Gasteiger partial charge in [0.2, 0.25) is 0 Å². The van der Waals surface area contributed by atoms with Gasteiger partial charge in [-0.1, -0.05) is 36.4 Å². The number of aryl methyl sites for hydroxylation is 4. The third-order valence-corrected chi connectivity index (χ3v) is 11.2. The van der Waals surface area contributed by atoms with Gasteiger partial charge in [0.1, 0.15) is 11.4 Å². The molecule has 2 aromatic heterocycles. The van der Waals surface area contributed by atoms with Crippen molar-refractivity contribution in [3.05, 3.63) is 88.3 Å². The fourth-order valence-corrected chi connectivity index (χ4v) is 7.82. The lowest BCUT2D eigenvalue weighted by molar-refractivity contribution is -0.151. The lowest BCUT2D eigenvalue weighted by Crippen LogP contribution is -2.35. The van der Waals surface area contributed by atoms with Crippen molar-refractivity contribution in [2.45, 2.75) is 86.0 Å². The van der Waals surface area contributed by atoms with Crippen molar-refractivity contribution in [3.63, 3.8) is 0 Å². The summed E-state index contributed by atoms with van der Waals surface area (Å²) in [6.45, 7) is 12.4. The maximum Gasteiger partial charge on any atom is 0.309 e. The van der Waals surface area contributed by atoms with E-state index >= 15 is 0 Å². The third kappa shape index (κ3) is 9.33. The Balaban J connectivity index is 0.000000212. The molecule has 1 unspecified atom stereocenters. The van der Waals surface area contributed by atoms with Crippen LogP contribution in [0, 0.1) is 44.9 Å². The highest BCUT2D eigenvalue weighted by Crippen LogP contribution is 2.44. The first-order valence-electron chi connectivity index (χ1n) is 18.7. The second-order valence-corrected chi connectivity index (χ2v) is 15.4. The van der Waals surface area contributed by atoms with Gasteiger partial charge < -0.3 is 26.6 Å². The SMILES string of the molecule is Cc1nc(C)c(-c2ccc(C3CCC(C(C)(C)C(=O)O)CC3)cc2)nc1C(N)=O.Cc1nc(C)c(-c2ccc(N3CCC(CC(=O)O)C3)cc2)nc1C(N)=O. The van der Waals surface area contributed by atoms with Gasteiger partial charge in [-0.15, -0.1) is 0 Å². The van der Waals surface area contributed by atoms with Gasteiger partial charge in [-0.3, -0.25) is 29.1 Å². The van der Waals surface area contributed by atoms with Gasteiger partial charge in [0.05, 0.1) is 39.6 Å². The molecule has 1 aliphatic carbocycles. The van der Waals surface area contributed by atoms with Crippen LogP contribution in [-0.2, 0) is 9.59 Å². The number of amides is 2. The van der Waals surface area contributed by atoms with Gasteiger partial charge in [-0.05, 0) is 109 Å². The maximum atomic E-state index is 11.6. The van der Waals surface area contributed by atoms with Crippen LogP contribution in [0.2, 0.25) is 0 Å². The largest absolute Gasteiger partial charge is 0.481 e. The molecule has 6 N–H and O–H groups in total. The van der Waals surface area contributed by atoms with Crippen LogP contribution in [0.5, 0.6) is 0 Å². The standard InChI is InChI=1S/C23H29N3O3.C19H22N4O3/c1-13-19(26-20(21(24)27)14(2)25-13)17-7-5-15(6-8-17)16-9-11-18(12-10-16)23(3,4)22(28)29;1-11-17(22-18(19(20)26)12(2)21-11)14-3-5-15(6-4-14)23-8-7-13(10-23)9-16(24)25/h5-8,16,18H,9-12H2,1-4H3,(H2,24,27)(H,28,29);3-6,13H,7-10H2,1-2H3,(H2,20,26)(H,24,25). The van der Waals surface area contributed by atoms with Crippen molar-refractivity contribution < 1.29 is 29.4 Å². The Labute approximate surface area is 321 Å². The molecule has 1 saturated heterocycles. The van der Waals surface area contributed by atoms with Gasteiger partial charge in [0.15, 0.2) is 0 Å². The number of aliphatic carboxylic acids is 2. The molecule has 0 bridgehead atoms. The van der Waals surface area contributed by atoms with E-state index in [-0.39, 0.29) is 29.6 Å². The number of carboxylic acids is 2. The summed E-state index contributed by atoms with van der Waals surface area (Å²) in [5.74, 6) is -1.77. The average molecular weight is 750 g/mol. The summed E-state index contributed by atoms with van der Waals surface area (Å²) in [6.07, 6.45) is 4.94. The van der Waals surface area contributed by atoms with Crippen molar-refractivity contribution in [2.24, 2.45) is 28.7 Å². The maximum absolute atomic E-state index is 11.6. The number of carboxylic acid groups (broad SMARTS) is 2. The van der Waals surface area contributed by atoms with E-state index in [0.717, 1.165) is 73.4 Å². The molecule has 2 fully saturated rings. The number of carbonyl (C=O) groups excluding carboxylic acids is 2. The van der Waals surface area contributed by atoms with E-state index in [4.69, 9.17) is 16.6 Å². The topological polar surface area (TPSA) is 216 Å². The Morgan fingerprint density at radius 3 is 1.60 bits per heavy atom. The number of nitrogens with zero attached hydrogens (tertiary/aromatic N) is 5. The fraction of sp³-hybridized carbons (Fsp3) is 0.429. The number of aromatic nitrogens is 4. The van der Waals surface area contributed by atoms with Gasteiger partial charge in [0.25, 0.3) is 11.8 Å². The molecule has 0 spiro atoms. The first-order valence-corrected chi connectivity index (χ1v) is 18.7. The molecule has 2 aliphatic rings. The third-order valence-electron chi connectivity index (χ3n) is 11.2. The molecule has 13 heteroatoms. The normalized spacial score (nSPS) is 18.3. The molecule has 4 aromatic rings. The molecule has 1 atom stereocenters. The summed E-state index contributed by atoms with van der Waals surface area (Å²) in [7, 11) is 0. The van der Waals surface area contributed by atoms with E-state index < -0.39 is 29.2 Å². The molecule has 2 amide bonds. The van der Waals surface area contributed by atoms with Crippen molar-refractivity contribution in [1.29, 1.82) is 0 Å². The smallest absolute Gasteiger partial charge is 0.309 e. The molecular weight excluding hydrogens is 699 g/mol. The summed E-state index contributed by atoms with van der Waals surface area (Å²) >= 11 is 0. The molecule has 290 valence electrons. The summed E-state index contributed by atoms with van der Waals surface area (Å²) < 4.78 is 0. The number of carbonyl (C=O) groups is 4. The molecule has 1 aliphatic heterocycles. The van der Waals surface area contributed by atoms with Crippen LogP contribution in [-0.4, -0.2) is 67.0 Å². The van der Waals surface area contributed by atoms with Gasteiger partial charge >= 0.3 is 11.9 Å². The molecular formula is C42H51N7O6. The quantitative estimate of drug-likeness (QED) is 0.139. The second kappa shape index (κ2) is 16.7. The van der Waals surface area contributed by atoms with Gasteiger partial charge in [0, 0.05) is 36.3 Å². The molecule has 0 radical (unpaired) electrons. The Hall–Kier alpha value is -5.72. The van der Waals surface area contributed by atoms with Crippen molar-refractivity contribution in [1.82, 2.24) is 19.9 Å². The van der Waals surface area contributed by atoms with E-state index in [2.05, 4.69) is 37.0 Å². The summed E-state index contributed by atoms with van der Waals surface area (Å²) in [4.78, 5) is 65.3. The fourth-order valence-electron chi connectivity index (χ4n) is 7.82. The summed E-state index contributed by atoms with van der Waals surface area (Å²) in [5, 5.41) is 18.4. The molecule has 2 aromatic carbocycles. The number of nitrogens with two attached hydrogens (primary N) is 2. The highest BCUT2D eigenvalue weighted by atomic mass is 16.4. The number of hydrogen-bond acceptors (Lipinski definition) is 9. The minimum Gasteiger partial charge on any atom is -0.481 e. The van der Waals surface area contributed by atoms with Crippen LogP contribution in [0.4, 0.5) is 5.69 Å². The van der Waals surface area contributed by atoms with E-state index in [1.807, 2.05) is 64.1 Å². The minimum atomic E-state index is -0.745. The average Bonchev–Trinajstić information content (AvgIpc) is 3.60. The van der Waals surface area contributed by atoms with Crippen LogP contribution in [0.25, 0.3) is 22.5 Å². The minimum absolute atomic E-state index is 0.186. The zero-order chi connectivity index (χ0) is 40.2. The van der Waals surface area contributed by atoms with Crippen LogP contribution in [0.15, 0.2) is 48.5 Å². The first-order chi connectivity index (χ1) is 26.0. The number of anilines is 1. The van der Waals surface area contributed by atoms with Crippen molar-refractivity contribution >= 4 is 29.4 Å². The molecule has 3 heterocycles. The molecule has 13 nitrogen and oxygen atoms in total. The van der Waals surface area contributed by atoms with Gasteiger partial charge in [-0.2, -0.15) is 0 Å². The van der Waals surface area contributed by atoms with Crippen molar-refractivity contribution in [3.8, 4) is 22.5 Å². The molecule has 6 rings (SSSR count). The highest BCUT2D eigenvalue weighted by Gasteiger charge is 2.39. The van der Waals surface area contributed by atoms with E-state index in [0.29, 0.717) is 28.7 Å². The predicted octanol–water partition coefficient (Wildman–Crippen LogP) is 6.40. The second-order valence-electron chi connectivity index (χ2n) is 15.4. The molecule has 1 saturated carbocycles. The Kier molecular flexibility index (Phi) is 12.3. The highest BCUT2D eigenvalue weighted by molar-refractivity contribution is 5.93. The Morgan fingerprint density at radius 2 is 1.16 bits per heavy atom. The van der Waals surface area contributed by atoms with Crippen LogP contribution >= 0.6 is 0 Å². The Bertz CT molecular complexity index is 2070. The molecule has 55 heavy (non-hydrogen) atoms. The predicted molar refractivity (Wildman–Crippen MR) is 210 cm³/mol. The van der Waals surface area contributed by atoms with E-state index in [1.165, 1.54) is 5.56 Å². The van der Waals surface area contributed by atoms with Crippen molar-refractivity contribution in [2.75, 3.05) is 18.0 Å². The van der Waals surface area contributed by atoms with Gasteiger partial charge in [-0.25, -0.2) is 9.97 Å². The number of rotatable bonds is 10. The zero-order valence-electron chi connectivity index (χ0n) is 32.4. The first kappa shape index (κ1) is 40.5.